The number of hydrogen-bond donors (Lipinski definition) is 4. The largest absolute Gasteiger partial charge is 0.339 e. The number of carbonyl (C=O) groups is 1. The standard InChI is InChI=1S/C23H19N7O2/c31-22-19(20-10-16-12-24-14-26-21(16)29-20)13-27-30(22)18-8-4-5-15(9-18)11-25-23(32)28-17-6-2-1-3-7-17/h1-10,12-14,27H,11H2,(H,24,26,29)(H2,25,28,32). The number of aromatic nitrogens is 5. The van der Waals surface area contributed by atoms with E-state index >= 15 is 0 Å². The van der Waals surface area contributed by atoms with E-state index in [4.69, 9.17) is 0 Å². The van der Waals surface area contributed by atoms with Crippen LogP contribution in [0, 0.1) is 0 Å². The van der Waals surface area contributed by atoms with E-state index in [1.165, 1.54) is 11.0 Å². The van der Waals surface area contributed by atoms with Gasteiger partial charge < -0.3 is 15.6 Å². The summed E-state index contributed by atoms with van der Waals surface area (Å²) in [5.74, 6) is 0. The Hall–Kier alpha value is -4.66. The Morgan fingerprint density at radius 2 is 1.94 bits per heavy atom. The molecule has 0 aliphatic carbocycles. The topological polar surface area (TPSA) is 120 Å². The highest BCUT2D eigenvalue weighted by Gasteiger charge is 2.13. The van der Waals surface area contributed by atoms with Crippen molar-refractivity contribution in [3.05, 3.63) is 95.3 Å². The quantitative estimate of drug-likeness (QED) is 0.345. The Balaban J connectivity index is 1.33. The fraction of sp³-hybridized carbons (Fsp3) is 0.0435. The number of para-hydroxylation sites is 1. The van der Waals surface area contributed by atoms with E-state index in [9.17, 15) is 9.59 Å². The van der Waals surface area contributed by atoms with Crippen LogP contribution in [0.1, 0.15) is 5.56 Å². The fourth-order valence-corrected chi connectivity index (χ4v) is 3.45. The first-order valence-electron chi connectivity index (χ1n) is 9.96. The summed E-state index contributed by atoms with van der Waals surface area (Å²) in [7, 11) is 0. The molecular formula is C23H19N7O2. The molecular weight excluding hydrogens is 406 g/mol. The van der Waals surface area contributed by atoms with E-state index in [-0.39, 0.29) is 11.6 Å². The lowest BCUT2D eigenvalue weighted by Gasteiger charge is -2.09. The Labute approximate surface area is 182 Å². The van der Waals surface area contributed by atoms with Crippen molar-refractivity contribution >= 4 is 22.8 Å². The summed E-state index contributed by atoms with van der Waals surface area (Å²) < 4.78 is 1.46. The number of carbonyl (C=O) groups excluding carboxylic acids is 1. The zero-order valence-corrected chi connectivity index (χ0v) is 16.9. The van der Waals surface area contributed by atoms with Crippen LogP contribution in [0.3, 0.4) is 0 Å². The number of benzene rings is 2. The second kappa shape index (κ2) is 8.23. The van der Waals surface area contributed by atoms with Crippen molar-refractivity contribution in [1.29, 1.82) is 0 Å². The Morgan fingerprint density at radius 3 is 2.78 bits per heavy atom. The normalized spacial score (nSPS) is 10.9. The maximum absolute atomic E-state index is 13.0. The van der Waals surface area contributed by atoms with Gasteiger partial charge in [0.1, 0.15) is 12.0 Å². The first-order chi connectivity index (χ1) is 15.7. The molecule has 0 fully saturated rings. The molecule has 9 heteroatoms. The van der Waals surface area contributed by atoms with Crippen LogP contribution in [0.2, 0.25) is 0 Å². The first kappa shape index (κ1) is 19.3. The highest BCUT2D eigenvalue weighted by atomic mass is 16.2. The van der Waals surface area contributed by atoms with Gasteiger partial charge in [0.25, 0.3) is 5.56 Å². The maximum atomic E-state index is 13.0. The molecule has 4 N–H and O–H groups in total. The van der Waals surface area contributed by atoms with Crippen molar-refractivity contribution in [3.8, 4) is 16.9 Å². The summed E-state index contributed by atoms with van der Waals surface area (Å²) in [4.78, 5) is 36.5. The third-order valence-electron chi connectivity index (χ3n) is 5.01. The molecule has 2 aromatic carbocycles. The van der Waals surface area contributed by atoms with Crippen LogP contribution in [0.25, 0.3) is 28.0 Å². The molecule has 0 radical (unpaired) electrons. The van der Waals surface area contributed by atoms with Crippen molar-refractivity contribution in [1.82, 2.24) is 30.0 Å². The van der Waals surface area contributed by atoms with Crippen LogP contribution in [0.4, 0.5) is 10.5 Å². The number of nitrogens with zero attached hydrogens (tertiary/aromatic N) is 3. The summed E-state index contributed by atoms with van der Waals surface area (Å²) in [5.41, 5.74) is 3.87. The summed E-state index contributed by atoms with van der Waals surface area (Å²) in [6.45, 7) is 0.315. The summed E-state index contributed by atoms with van der Waals surface area (Å²) in [6.07, 6.45) is 4.80. The van der Waals surface area contributed by atoms with E-state index in [2.05, 4.69) is 30.7 Å². The fourth-order valence-electron chi connectivity index (χ4n) is 3.45. The van der Waals surface area contributed by atoms with Gasteiger partial charge in [-0.25, -0.2) is 19.4 Å². The van der Waals surface area contributed by atoms with Gasteiger partial charge >= 0.3 is 6.03 Å². The molecule has 0 spiro atoms. The smallest absolute Gasteiger partial charge is 0.319 e. The van der Waals surface area contributed by atoms with Gasteiger partial charge in [-0.2, -0.15) is 0 Å². The van der Waals surface area contributed by atoms with E-state index in [0.29, 0.717) is 34.8 Å². The lowest BCUT2D eigenvalue weighted by Crippen LogP contribution is -2.28. The number of rotatable bonds is 5. The molecule has 0 unspecified atom stereocenters. The van der Waals surface area contributed by atoms with Crippen LogP contribution in [-0.4, -0.2) is 30.8 Å². The summed E-state index contributed by atoms with van der Waals surface area (Å²) in [5, 5.41) is 9.43. The minimum Gasteiger partial charge on any atom is -0.339 e. The van der Waals surface area contributed by atoms with Crippen LogP contribution in [0.15, 0.2) is 84.2 Å². The molecule has 0 bridgehead atoms. The van der Waals surface area contributed by atoms with Gasteiger partial charge in [0, 0.05) is 30.0 Å². The van der Waals surface area contributed by atoms with Gasteiger partial charge in [0.05, 0.1) is 16.9 Å². The summed E-state index contributed by atoms with van der Waals surface area (Å²) >= 11 is 0. The Morgan fingerprint density at radius 1 is 1.06 bits per heavy atom. The van der Waals surface area contributed by atoms with E-state index in [0.717, 1.165) is 10.9 Å². The molecule has 0 aliphatic heterocycles. The second-order valence-corrected chi connectivity index (χ2v) is 7.18. The van der Waals surface area contributed by atoms with Gasteiger partial charge in [-0.1, -0.05) is 30.3 Å². The predicted molar refractivity (Wildman–Crippen MR) is 122 cm³/mol. The average Bonchev–Trinajstić information content (AvgIpc) is 3.42. The Kier molecular flexibility index (Phi) is 4.97. The van der Waals surface area contributed by atoms with Gasteiger partial charge in [-0.05, 0) is 35.9 Å². The molecule has 158 valence electrons. The lowest BCUT2D eigenvalue weighted by molar-refractivity contribution is 0.251. The molecule has 5 aromatic rings. The van der Waals surface area contributed by atoms with Gasteiger partial charge in [0.15, 0.2) is 0 Å². The highest BCUT2D eigenvalue weighted by Crippen LogP contribution is 2.20. The molecule has 2 amide bonds. The first-order valence-corrected chi connectivity index (χ1v) is 9.96. The molecule has 0 saturated carbocycles. The number of fused-ring (bicyclic) bond motifs is 1. The van der Waals surface area contributed by atoms with Crippen molar-refractivity contribution in [3.63, 3.8) is 0 Å². The monoisotopic (exact) mass is 425 g/mol. The van der Waals surface area contributed by atoms with Gasteiger partial charge in [0.2, 0.25) is 0 Å². The SMILES string of the molecule is O=C(NCc1cccc(-n2[nH]cc(-c3cc4cncnc4[nH]3)c2=O)c1)Nc1ccccc1. The van der Waals surface area contributed by atoms with Crippen molar-refractivity contribution < 1.29 is 4.79 Å². The van der Waals surface area contributed by atoms with Crippen molar-refractivity contribution in [2.24, 2.45) is 0 Å². The molecule has 32 heavy (non-hydrogen) atoms. The molecule has 5 rings (SSSR count). The number of hydrogen-bond acceptors (Lipinski definition) is 4. The predicted octanol–water partition coefficient (Wildman–Crippen LogP) is 3.43. The zero-order valence-electron chi connectivity index (χ0n) is 16.9. The zero-order chi connectivity index (χ0) is 21.9. The van der Waals surface area contributed by atoms with Crippen LogP contribution >= 0.6 is 0 Å². The molecule has 9 nitrogen and oxygen atoms in total. The minimum atomic E-state index is -0.303. The number of urea groups is 1. The second-order valence-electron chi connectivity index (χ2n) is 7.18. The van der Waals surface area contributed by atoms with E-state index in [1.54, 1.807) is 12.4 Å². The maximum Gasteiger partial charge on any atom is 0.319 e. The van der Waals surface area contributed by atoms with E-state index < -0.39 is 0 Å². The number of anilines is 1. The summed E-state index contributed by atoms with van der Waals surface area (Å²) in [6, 6.07) is 18.2. The molecule has 3 heterocycles. The number of H-pyrrole nitrogens is 2. The van der Waals surface area contributed by atoms with Gasteiger partial charge in [-0.3, -0.25) is 9.89 Å². The average molecular weight is 425 g/mol. The minimum absolute atomic E-state index is 0.198. The van der Waals surface area contributed by atoms with Crippen LogP contribution in [-0.2, 0) is 6.54 Å². The number of nitrogens with one attached hydrogen (secondary N) is 4. The number of aromatic amines is 2. The molecule has 0 aliphatic rings. The van der Waals surface area contributed by atoms with Crippen LogP contribution < -0.4 is 16.2 Å². The van der Waals surface area contributed by atoms with Gasteiger partial charge in [-0.15, -0.1) is 0 Å². The highest BCUT2D eigenvalue weighted by molar-refractivity contribution is 5.89. The lowest BCUT2D eigenvalue weighted by atomic mass is 10.2. The molecule has 0 saturated heterocycles. The molecule has 0 atom stereocenters. The Bertz CT molecular complexity index is 1420. The van der Waals surface area contributed by atoms with Crippen molar-refractivity contribution in [2.75, 3.05) is 5.32 Å². The third-order valence-corrected chi connectivity index (χ3v) is 5.01. The van der Waals surface area contributed by atoms with Crippen molar-refractivity contribution in [2.45, 2.75) is 6.54 Å². The van der Waals surface area contributed by atoms with E-state index in [1.807, 2.05) is 60.7 Å². The third kappa shape index (κ3) is 3.86. The number of amides is 2. The van der Waals surface area contributed by atoms with Crippen LogP contribution in [0.5, 0.6) is 0 Å². The molecule has 3 aromatic heterocycles.